The molecule has 200 valence electrons. The first-order valence-electron chi connectivity index (χ1n) is 12.5. The van der Waals surface area contributed by atoms with Crippen molar-refractivity contribution in [3.8, 4) is 17.2 Å². The quantitative estimate of drug-likeness (QED) is 0.199. The van der Waals surface area contributed by atoms with Crippen molar-refractivity contribution >= 4 is 18.1 Å². The number of hydrogen-bond donors (Lipinski definition) is 1. The van der Waals surface area contributed by atoms with Gasteiger partial charge in [-0.15, -0.1) is 0 Å². The van der Waals surface area contributed by atoms with Gasteiger partial charge >= 0.3 is 12.1 Å². The molecule has 0 aliphatic carbocycles. The van der Waals surface area contributed by atoms with E-state index in [-0.39, 0.29) is 12.3 Å². The van der Waals surface area contributed by atoms with Crippen molar-refractivity contribution in [1.82, 2.24) is 10.3 Å². The van der Waals surface area contributed by atoms with Crippen molar-refractivity contribution in [1.29, 1.82) is 0 Å². The molecule has 1 aromatic heterocycles. The zero-order chi connectivity index (χ0) is 27.6. The third-order valence-electron chi connectivity index (χ3n) is 5.87. The molecule has 8 heteroatoms. The number of oxazole rings is 1. The highest BCUT2D eigenvalue weighted by atomic mass is 16.6. The number of ether oxygens (including phenoxy) is 3. The standard InChI is InChI=1S/C31H30N2O6/c1-21-18-24(19-27(30(34)36-3)33-31(35)38-20-23-10-6-4-7-11-23)14-15-28(21)37-17-16-26-22(2)39-29(32-26)25-12-8-5-9-13-25/h4-15,18-19H,16-17,20H2,1-3H3,(H,33,35)/b27-19-. The fraction of sp³-hybridized carbons (Fsp3) is 0.194. The molecule has 0 atom stereocenters. The summed E-state index contributed by atoms with van der Waals surface area (Å²) in [6.07, 6.45) is 1.35. The first-order valence-corrected chi connectivity index (χ1v) is 12.5. The van der Waals surface area contributed by atoms with Crippen LogP contribution in [0.5, 0.6) is 5.75 Å². The van der Waals surface area contributed by atoms with Crippen molar-refractivity contribution in [2.24, 2.45) is 0 Å². The molecule has 0 aliphatic heterocycles. The molecule has 4 rings (SSSR count). The molecule has 0 fully saturated rings. The lowest BCUT2D eigenvalue weighted by Gasteiger charge is -2.11. The number of alkyl carbamates (subject to hydrolysis) is 1. The van der Waals surface area contributed by atoms with E-state index in [0.29, 0.717) is 30.2 Å². The smallest absolute Gasteiger partial charge is 0.412 e. The van der Waals surface area contributed by atoms with E-state index >= 15 is 0 Å². The molecule has 0 spiro atoms. The van der Waals surface area contributed by atoms with Crippen LogP contribution in [0, 0.1) is 13.8 Å². The Balaban J connectivity index is 1.36. The second-order valence-electron chi connectivity index (χ2n) is 8.75. The van der Waals surface area contributed by atoms with E-state index in [0.717, 1.165) is 28.1 Å². The number of nitrogens with zero attached hydrogens (tertiary/aromatic N) is 1. The van der Waals surface area contributed by atoms with E-state index in [1.165, 1.54) is 13.2 Å². The lowest BCUT2D eigenvalue weighted by atomic mass is 10.1. The summed E-state index contributed by atoms with van der Waals surface area (Å²) < 4.78 is 21.9. The Bertz CT molecular complexity index is 1440. The SMILES string of the molecule is COC(=O)/C(=C/c1ccc(OCCc2nc(-c3ccccc3)oc2C)c(C)c1)NC(=O)OCc1ccccc1. The Morgan fingerprint density at radius 2 is 1.69 bits per heavy atom. The number of rotatable bonds is 10. The molecule has 0 radical (unpaired) electrons. The average Bonchev–Trinajstić information content (AvgIpc) is 3.33. The highest BCUT2D eigenvalue weighted by Gasteiger charge is 2.15. The van der Waals surface area contributed by atoms with Crippen LogP contribution in [0.2, 0.25) is 0 Å². The zero-order valence-corrected chi connectivity index (χ0v) is 22.1. The molecule has 1 N–H and O–H groups in total. The van der Waals surface area contributed by atoms with Gasteiger partial charge in [-0.2, -0.15) is 0 Å². The maximum absolute atomic E-state index is 12.3. The molecule has 0 bridgehead atoms. The summed E-state index contributed by atoms with van der Waals surface area (Å²) in [5.74, 6) is 1.36. The number of esters is 1. The maximum Gasteiger partial charge on any atom is 0.412 e. The lowest BCUT2D eigenvalue weighted by molar-refractivity contribution is -0.136. The van der Waals surface area contributed by atoms with Gasteiger partial charge in [-0.3, -0.25) is 5.32 Å². The fourth-order valence-corrected chi connectivity index (χ4v) is 3.84. The molecular weight excluding hydrogens is 496 g/mol. The number of benzene rings is 3. The van der Waals surface area contributed by atoms with E-state index < -0.39 is 12.1 Å². The van der Waals surface area contributed by atoms with Crippen LogP contribution in [-0.4, -0.2) is 30.8 Å². The van der Waals surface area contributed by atoms with E-state index in [1.807, 2.05) is 86.6 Å². The normalized spacial score (nSPS) is 11.1. The summed E-state index contributed by atoms with van der Waals surface area (Å²) in [6, 6.07) is 24.5. The number of nitrogens with one attached hydrogen (secondary N) is 1. The molecule has 1 heterocycles. The van der Waals surface area contributed by atoms with Crippen molar-refractivity contribution < 1.29 is 28.2 Å². The number of hydrogen-bond acceptors (Lipinski definition) is 7. The first kappa shape index (κ1) is 27.2. The van der Waals surface area contributed by atoms with Gasteiger partial charge in [-0.05, 0) is 60.9 Å². The van der Waals surface area contributed by atoms with Crippen LogP contribution in [0.15, 0.2) is 89.0 Å². The number of carbonyl (C=O) groups excluding carboxylic acids is 2. The zero-order valence-electron chi connectivity index (χ0n) is 22.1. The predicted octanol–water partition coefficient (Wildman–Crippen LogP) is 6.02. The number of aromatic nitrogens is 1. The van der Waals surface area contributed by atoms with Crippen molar-refractivity contribution in [3.05, 3.63) is 113 Å². The minimum absolute atomic E-state index is 0.0423. The van der Waals surface area contributed by atoms with Gasteiger partial charge in [0.25, 0.3) is 0 Å². The van der Waals surface area contributed by atoms with E-state index in [4.69, 9.17) is 18.6 Å². The Morgan fingerprint density at radius 1 is 0.974 bits per heavy atom. The van der Waals surface area contributed by atoms with Crippen molar-refractivity contribution in [2.45, 2.75) is 26.9 Å². The average molecular weight is 527 g/mol. The molecule has 0 saturated heterocycles. The topological polar surface area (TPSA) is 99.9 Å². The van der Waals surface area contributed by atoms with Gasteiger partial charge < -0.3 is 18.6 Å². The molecular formula is C31H30N2O6. The summed E-state index contributed by atoms with van der Waals surface area (Å²) in [4.78, 5) is 29.2. The van der Waals surface area contributed by atoms with Crippen LogP contribution < -0.4 is 10.1 Å². The molecule has 8 nitrogen and oxygen atoms in total. The summed E-state index contributed by atoms with van der Waals surface area (Å²) in [5.41, 5.74) is 4.11. The van der Waals surface area contributed by atoms with E-state index in [9.17, 15) is 9.59 Å². The van der Waals surface area contributed by atoms with Gasteiger partial charge in [-0.1, -0.05) is 54.6 Å². The molecule has 0 saturated carbocycles. The van der Waals surface area contributed by atoms with Gasteiger partial charge in [0.1, 0.15) is 23.8 Å². The highest BCUT2D eigenvalue weighted by Crippen LogP contribution is 2.23. The largest absolute Gasteiger partial charge is 0.493 e. The maximum atomic E-state index is 12.3. The number of methoxy groups -OCH3 is 1. The van der Waals surface area contributed by atoms with E-state index in [1.54, 1.807) is 6.07 Å². The Hall–Kier alpha value is -4.85. The molecule has 0 unspecified atom stereocenters. The van der Waals surface area contributed by atoms with Crippen molar-refractivity contribution in [3.63, 3.8) is 0 Å². The van der Waals surface area contributed by atoms with Crippen LogP contribution >= 0.6 is 0 Å². The Kier molecular flexibility index (Phi) is 9.13. The molecule has 39 heavy (non-hydrogen) atoms. The first-order chi connectivity index (χ1) is 18.9. The lowest BCUT2D eigenvalue weighted by Crippen LogP contribution is -2.28. The molecule has 0 aliphatic rings. The van der Waals surface area contributed by atoms with Crippen LogP contribution in [0.1, 0.15) is 28.1 Å². The third kappa shape index (κ3) is 7.58. The number of aryl methyl sites for hydroxylation is 2. The second kappa shape index (κ2) is 13.1. The van der Waals surface area contributed by atoms with Gasteiger partial charge in [0.2, 0.25) is 5.89 Å². The van der Waals surface area contributed by atoms with Gasteiger partial charge in [0.15, 0.2) is 0 Å². The predicted molar refractivity (Wildman–Crippen MR) is 147 cm³/mol. The number of amides is 1. The number of carbonyl (C=O) groups is 2. The summed E-state index contributed by atoms with van der Waals surface area (Å²) in [5, 5.41) is 2.47. The Morgan fingerprint density at radius 3 is 2.38 bits per heavy atom. The van der Waals surface area contributed by atoms with Crippen LogP contribution in [0.25, 0.3) is 17.5 Å². The third-order valence-corrected chi connectivity index (χ3v) is 5.87. The Labute approximate surface area is 227 Å². The second-order valence-corrected chi connectivity index (χ2v) is 8.75. The van der Waals surface area contributed by atoms with E-state index in [2.05, 4.69) is 10.3 Å². The minimum Gasteiger partial charge on any atom is -0.493 e. The van der Waals surface area contributed by atoms with Crippen LogP contribution in [-0.2, 0) is 27.3 Å². The summed E-state index contributed by atoms with van der Waals surface area (Å²) in [7, 11) is 1.24. The highest BCUT2D eigenvalue weighted by molar-refractivity contribution is 5.96. The monoisotopic (exact) mass is 526 g/mol. The summed E-state index contributed by atoms with van der Waals surface area (Å²) in [6.45, 7) is 4.29. The van der Waals surface area contributed by atoms with Gasteiger partial charge in [-0.25, -0.2) is 14.6 Å². The summed E-state index contributed by atoms with van der Waals surface area (Å²) >= 11 is 0. The molecule has 4 aromatic rings. The fourth-order valence-electron chi connectivity index (χ4n) is 3.84. The van der Waals surface area contributed by atoms with Crippen LogP contribution in [0.3, 0.4) is 0 Å². The van der Waals surface area contributed by atoms with Gasteiger partial charge in [0.05, 0.1) is 19.4 Å². The molecule has 3 aromatic carbocycles. The van der Waals surface area contributed by atoms with Crippen molar-refractivity contribution in [2.75, 3.05) is 13.7 Å². The minimum atomic E-state index is -0.759. The molecule has 1 amide bonds. The van der Waals surface area contributed by atoms with Crippen LogP contribution in [0.4, 0.5) is 4.79 Å². The van der Waals surface area contributed by atoms with Gasteiger partial charge in [0, 0.05) is 12.0 Å².